The summed E-state index contributed by atoms with van der Waals surface area (Å²) in [5, 5.41) is 14.9. The van der Waals surface area contributed by atoms with Gasteiger partial charge in [0.2, 0.25) is 5.95 Å². The molecule has 0 aliphatic rings. The molecule has 0 aliphatic carbocycles. The number of aryl methyl sites for hydroxylation is 2. The lowest BCUT2D eigenvalue weighted by Crippen LogP contribution is -2.10. The van der Waals surface area contributed by atoms with Crippen molar-refractivity contribution in [3.63, 3.8) is 0 Å². The second-order valence-corrected chi connectivity index (χ2v) is 6.03. The van der Waals surface area contributed by atoms with Gasteiger partial charge in [0.1, 0.15) is 0 Å². The first-order valence-electron chi connectivity index (χ1n) is 8.54. The van der Waals surface area contributed by atoms with Crippen molar-refractivity contribution in [2.75, 3.05) is 10.6 Å². The van der Waals surface area contributed by atoms with Gasteiger partial charge in [0.05, 0.1) is 6.20 Å². The van der Waals surface area contributed by atoms with Crippen molar-refractivity contribution >= 4 is 17.5 Å². The molecule has 1 heterocycles. The van der Waals surface area contributed by atoms with E-state index in [4.69, 9.17) is 0 Å². The van der Waals surface area contributed by atoms with Crippen LogP contribution in [0.3, 0.4) is 0 Å². The number of anilines is 3. The summed E-state index contributed by atoms with van der Waals surface area (Å²) in [6, 6.07) is 16.6. The lowest BCUT2D eigenvalue weighted by Gasteiger charge is -2.16. The van der Waals surface area contributed by atoms with Gasteiger partial charge in [-0.05, 0) is 37.0 Å². The zero-order valence-electron chi connectivity index (χ0n) is 14.8. The summed E-state index contributed by atoms with van der Waals surface area (Å²) in [5.74, 6) is 1.19. The first-order valence-corrected chi connectivity index (χ1v) is 8.54. The Morgan fingerprint density at radius 2 is 1.84 bits per heavy atom. The van der Waals surface area contributed by atoms with Crippen LogP contribution in [0.5, 0.6) is 0 Å². The van der Waals surface area contributed by atoms with Crippen molar-refractivity contribution in [3.05, 3.63) is 71.4 Å². The number of para-hydroxylation sites is 1. The minimum absolute atomic E-state index is 0.135. The Morgan fingerprint density at radius 3 is 2.60 bits per heavy atom. The topological polar surface area (TPSA) is 62.7 Å². The highest BCUT2D eigenvalue weighted by Gasteiger charge is 2.09. The van der Waals surface area contributed by atoms with Gasteiger partial charge in [0.15, 0.2) is 5.82 Å². The number of nitrogens with one attached hydrogen (secondary N) is 2. The predicted molar refractivity (Wildman–Crippen MR) is 102 cm³/mol. The van der Waals surface area contributed by atoms with Crippen LogP contribution in [0.1, 0.15) is 36.6 Å². The van der Waals surface area contributed by atoms with Gasteiger partial charge < -0.3 is 10.6 Å². The lowest BCUT2D eigenvalue weighted by molar-refractivity contribution is 0.861. The summed E-state index contributed by atoms with van der Waals surface area (Å²) >= 11 is 0. The predicted octanol–water partition coefficient (Wildman–Crippen LogP) is 4.66. The van der Waals surface area contributed by atoms with E-state index >= 15 is 0 Å². The molecule has 0 bridgehead atoms. The third-order valence-corrected chi connectivity index (χ3v) is 4.20. The van der Waals surface area contributed by atoms with E-state index in [2.05, 4.69) is 76.9 Å². The van der Waals surface area contributed by atoms with Crippen molar-refractivity contribution in [3.8, 4) is 0 Å². The zero-order chi connectivity index (χ0) is 17.6. The fourth-order valence-electron chi connectivity index (χ4n) is 2.79. The minimum atomic E-state index is 0.135. The first-order chi connectivity index (χ1) is 12.2. The molecule has 5 heteroatoms. The van der Waals surface area contributed by atoms with Crippen LogP contribution < -0.4 is 10.6 Å². The largest absolute Gasteiger partial charge is 0.362 e. The maximum Gasteiger partial charge on any atom is 0.249 e. The van der Waals surface area contributed by atoms with Crippen molar-refractivity contribution in [2.24, 2.45) is 0 Å². The van der Waals surface area contributed by atoms with Crippen molar-refractivity contribution in [1.82, 2.24) is 15.2 Å². The summed E-state index contributed by atoms with van der Waals surface area (Å²) in [7, 11) is 0. The second-order valence-electron chi connectivity index (χ2n) is 6.03. The number of aromatic nitrogens is 3. The number of benzene rings is 2. The molecule has 25 heavy (non-hydrogen) atoms. The SMILES string of the molecule is CCc1cccc(C)c1Nc1nncc(NC(C)c2ccccc2)n1. The molecule has 0 spiro atoms. The molecule has 128 valence electrons. The minimum Gasteiger partial charge on any atom is -0.362 e. The van der Waals surface area contributed by atoms with Gasteiger partial charge in [-0.1, -0.05) is 55.5 Å². The molecule has 3 aromatic rings. The van der Waals surface area contributed by atoms with Crippen LogP contribution in [0, 0.1) is 6.92 Å². The molecule has 2 aromatic carbocycles. The third kappa shape index (κ3) is 4.12. The van der Waals surface area contributed by atoms with Gasteiger partial charge in [-0.3, -0.25) is 0 Å². The Bertz CT molecular complexity index is 832. The maximum absolute atomic E-state index is 4.55. The number of hydrogen-bond acceptors (Lipinski definition) is 5. The van der Waals surface area contributed by atoms with Crippen LogP contribution in [0.15, 0.2) is 54.7 Å². The van der Waals surface area contributed by atoms with Crippen LogP contribution >= 0.6 is 0 Å². The standard InChI is InChI=1S/C20H23N5/c1-4-16-12-8-9-14(2)19(16)24-20-23-18(13-21-25-20)22-15(3)17-10-6-5-7-11-17/h5-13,15H,4H2,1-3H3,(H2,22,23,24,25). The molecule has 0 amide bonds. The van der Waals surface area contributed by atoms with Crippen LogP contribution in [-0.2, 0) is 6.42 Å². The van der Waals surface area contributed by atoms with E-state index in [1.54, 1.807) is 6.20 Å². The number of nitrogens with zero attached hydrogens (tertiary/aromatic N) is 3. The molecule has 0 saturated heterocycles. The highest BCUT2D eigenvalue weighted by atomic mass is 15.3. The molecule has 1 aromatic heterocycles. The fraction of sp³-hybridized carbons (Fsp3) is 0.250. The monoisotopic (exact) mass is 333 g/mol. The van der Waals surface area contributed by atoms with Crippen LogP contribution in [-0.4, -0.2) is 15.2 Å². The van der Waals surface area contributed by atoms with E-state index in [9.17, 15) is 0 Å². The highest BCUT2D eigenvalue weighted by Crippen LogP contribution is 2.24. The van der Waals surface area contributed by atoms with E-state index in [1.165, 1.54) is 16.7 Å². The smallest absolute Gasteiger partial charge is 0.249 e. The van der Waals surface area contributed by atoms with Gasteiger partial charge >= 0.3 is 0 Å². The quantitative estimate of drug-likeness (QED) is 0.687. The molecule has 2 N–H and O–H groups in total. The van der Waals surface area contributed by atoms with Crippen molar-refractivity contribution in [1.29, 1.82) is 0 Å². The molecule has 3 rings (SSSR count). The van der Waals surface area contributed by atoms with Gasteiger partial charge in [-0.15, -0.1) is 5.10 Å². The van der Waals surface area contributed by atoms with Crippen LogP contribution in [0.4, 0.5) is 17.5 Å². The Balaban J connectivity index is 1.78. The molecule has 1 unspecified atom stereocenters. The molecule has 0 saturated carbocycles. The Labute approximate surface area is 148 Å². The van der Waals surface area contributed by atoms with E-state index < -0.39 is 0 Å². The van der Waals surface area contributed by atoms with Crippen molar-refractivity contribution < 1.29 is 0 Å². The lowest BCUT2D eigenvalue weighted by atomic mass is 10.1. The summed E-state index contributed by atoms with van der Waals surface area (Å²) in [6.45, 7) is 6.31. The number of rotatable bonds is 6. The second kappa shape index (κ2) is 7.75. The summed E-state index contributed by atoms with van der Waals surface area (Å²) in [6.07, 6.45) is 2.59. The fourth-order valence-corrected chi connectivity index (χ4v) is 2.79. The third-order valence-electron chi connectivity index (χ3n) is 4.20. The summed E-state index contributed by atoms with van der Waals surface area (Å²) < 4.78 is 0. The van der Waals surface area contributed by atoms with E-state index in [-0.39, 0.29) is 6.04 Å². The Kier molecular flexibility index (Phi) is 5.23. The van der Waals surface area contributed by atoms with Gasteiger partial charge in [-0.2, -0.15) is 10.1 Å². The van der Waals surface area contributed by atoms with Gasteiger partial charge in [0, 0.05) is 11.7 Å². The highest BCUT2D eigenvalue weighted by molar-refractivity contribution is 5.63. The molecule has 1 atom stereocenters. The van der Waals surface area contributed by atoms with Crippen LogP contribution in [0.2, 0.25) is 0 Å². The molecule has 0 aliphatic heterocycles. The molecule has 0 radical (unpaired) electrons. The number of hydrogen-bond donors (Lipinski definition) is 2. The van der Waals surface area contributed by atoms with E-state index in [1.807, 2.05) is 18.2 Å². The van der Waals surface area contributed by atoms with Gasteiger partial charge in [0.25, 0.3) is 0 Å². The summed E-state index contributed by atoms with van der Waals surface area (Å²) in [5.41, 5.74) is 4.65. The Morgan fingerprint density at radius 1 is 1.04 bits per heavy atom. The summed E-state index contributed by atoms with van der Waals surface area (Å²) in [4.78, 5) is 4.55. The molecule has 0 fully saturated rings. The average Bonchev–Trinajstić information content (AvgIpc) is 2.64. The zero-order valence-corrected chi connectivity index (χ0v) is 14.8. The van der Waals surface area contributed by atoms with E-state index in [0.717, 1.165) is 12.1 Å². The van der Waals surface area contributed by atoms with Crippen molar-refractivity contribution in [2.45, 2.75) is 33.2 Å². The van der Waals surface area contributed by atoms with Gasteiger partial charge in [-0.25, -0.2) is 0 Å². The molecular formula is C20H23N5. The van der Waals surface area contributed by atoms with Crippen LogP contribution in [0.25, 0.3) is 0 Å². The van der Waals surface area contributed by atoms with E-state index in [0.29, 0.717) is 11.8 Å². The Hall–Kier alpha value is -2.95. The molecule has 5 nitrogen and oxygen atoms in total. The first kappa shape index (κ1) is 16.9. The normalized spacial score (nSPS) is 11.8. The molecular weight excluding hydrogens is 310 g/mol. The average molecular weight is 333 g/mol. The maximum atomic E-state index is 4.55.